The molecule has 22 heavy (non-hydrogen) atoms. The van der Waals surface area contributed by atoms with Crippen molar-refractivity contribution in [2.75, 3.05) is 6.61 Å². The third-order valence-electron chi connectivity index (χ3n) is 3.41. The average Bonchev–Trinajstić information content (AvgIpc) is 2.54. The minimum absolute atomic E-state index is 0.109. The molecule has 5 heteroatoms. The molecule has 0 radical (unpaired) electrons. The average molecular weight is 300 g/mol. The second-order valence-corrected chi connectivity index (χ2v) is 5.04. The first kappa shape index (κ1) is 15.8. The quantitative estimate of drug-likeness (QED) is 0.656. The van der Waals surface area contributed by atoms with Crippen LogP contribution in [0, 0.1) is 5.21 Å². The number of nitrogens with one attached hydrogen (secondary N) is 1. The first-order valence-electron chi connectivity index (χ1n) is 7.29. The van der Waals surface area contributed by atoms with Gasteiger partial charge in [0.05, 0.1) is 12.1 Å². The maximum Gasteiger partial charge on any atom is 0.379 e. The van der Waals surface area contributed by atoms with Crippen LogP contribution in [0.3, 0.4) is 0 Å². The van der Waals surface area contributed by atoms with E-state index in [0.29, 0.717) is 4.73 Å². The molecule has 2 rings (SSSR count). The molecule has 116 valence electrons. The van der Waals surface area contributed by atoms with Gasteiger partial charge in [0, 0.05) is 6.07 Å². The van der Waals surface area contributed by atoms with Crippen molar-refractivity contribution < 1.29 is 14.3 Å². The lowest BCUT2D eigenvalue weighted by Crippen LogP contribution is -2.34. The van der Waals surface area contributed by atoms with Crippen molar-refractivity contribution in [1.29, 1.82) is 0 Å². The highest BCUT2D eigenvalue weighted by molar-refractivity contribution is 5.77. The third kappa shape index (κ3) is 4.22. The maximum absolute atomic E-state index is 11.9. The van der Waals surface area contributed by atoms with Crippen molar-refractivity contribution in [2.24, 2.45) is 0 Å². The molecular formula is C17H20N2O3. The number of rotatable bonds is 6. The molecular weight excluding hydrogens is 280 g/mol. The van der Waals surface area contributed by atoms with Crippen molar-refractivity contribution in [2.45, 2.75) is 26.3 Å². The van der Waals surface area contributed by atoms with E-state index in [1.54, 1.807) is 12.1 Å². The Kier molecular flexibility index (Phi) is 5.36. The zero-order valence-corrected chi connectivity index (χ0v) is 12.8. The summed E-state index contributed by atoms with van der Waals surface area (Å²) in [6, 6.07) is 12.8. The fourth-order valence-corrected chi connectivity index (χ4v) is 2.07. The summed E-state index contributed by atoms with van der Waals surface area (Å²) >= 11 is 0. The number of benzene rings is 1. The minimum Gasteiger partial charge on any atom is -0.616 e. The topological polar surface area (TPSA) is 65.3 Å². The summed E-state index contributed by atoms with van der Waals surface area (Å²) in [5, 5.41) is 14.2. The van der Waals surface area contributed by atoms with E-state index in [9.17, 15) is 10.0 Å². The summed E-state index contributed by atoms with van der Waals surface area (Å²) in [4.78, 5) is 11.9. The Bertz CT molecular complexity index is 626. The number of nitrogens with zero attached hydrogens (tertiary/aromatic N) is 1. The molecule has 1 N–H and O–H groups in total. The molecule has 0 bridgehead atoms. The lowest BCUT2D eigenvalue weighted by molar-refractivity contribution is -0.612. The van der Waals surface area contributed by atoms with E-state index in [1.165, 1.54) is 17.8 Å². The molecule has 1 aromatic heterocycles. The molecule has 0 spiro atoms. The number of pyridine rings is 1. The second-order valence-electron chi connectivity index (χ2n) is 5.04. The van der Waals surface area contributed by atoms with Crippen molar-refractivity contribution in [1.82, 2.24) is 5.32 Å². The van der Waals surface area contributed by atoms with Gasteiger partial charge in [-0.3, -0.25) is 4.79 Å². The number of hydrogen-bond acceptors (Lipinski definition) is 3. The molecule has 0 saturated carbocycles. The number of hydrogen-bond donors (Lipinski definition) is 1. The summed E-state index contributed by atoms with van der Waals surface area (Å²) in [5.41, 5.74) is 2.29. The van der Waals surface area contributed by atoms with E-state index in [4.69, 9.17) is 4.74 Å². The number of ether oxygens (including phenoxy) is 1. The first-order valence-corrected chi connectivity index (χ1v) is 7.29. The van der Waals surface area contributed by atoms with Crippen LogP contribution >= 0.6 is 0 Å². The Morgan fingerprint density at radius 2 is 2.00 bits per heavy atom. The lowest BCUT2D eigenvalue weighted by atomic mass is 10.1. The van der Waals surface area contributed by atoms with Crippen LogP contribution in [0.4, 0.5) is 0 Å². The number of amides is 1. The monoisotopic (exact) mass is 300 g/mol. The van der Waals surface area contributed by atoms with Crippen LogP contribution in [0.1, 0.15) is 31.0 Å². The summed E-state index contributed by atoms with van der Waals surface area (Å²) in [5.74, 6) is -0.159. The van der Waals surface area contributed by atoms with Crippen LogP contribution in [0.5, 0.6) is 5.88 Å². The molecule has 1 aromatic carbocycles. The molecule has 0 aliphatic carbocycles. The van der Waals surface area contributed by atoms with Crippen LogP contribution in [-0.4, -0.2) is 12.5 Å². The van der Waals surface area contributed by atoms with E-state index in [-0.39, 0.29) is 24.4 Å². The van der Waals surface area contributed by atoms with Gasteiger partial charge in [-0.25, -0.2) is 0 Å². The first-order chi connectivity index (χ1) is 10.6. The molecule has 1 amide bonds. The minimum atomic E-state index is -0.268. The van der Waals surface area contributed by atoms with E-state index in [0.717, 1.165) is 12.0 Å². The van der Waals surface area contributed by atoms with Crippen LogP contribution < -0.4 is 14.8 Å². The van der Waals surface area contributed by atoms with Gasteiger partial charge in [0.15, 0.2) is 12.8 Å². The van der Waals surface area contributed by atoms with Crippen LogP contribution in [0.15, 0.2) is 48.7 Å². The Morgan fingerprint density at radius 1 is 1.27 bits per heavy atom. The van der Waals surface area contributed by atoms with Gasteiger partial charge in [-0.1, -0.05) is 31.2 Å². The smallest absolute Gasteiger partial charge is 0.379 e. The predicted octanol–water partition coefficient (Wildman–Crippen LogP) is 2.14. The van der Waals surface area contributed by atoms with Gasteiger partial charge in [0.1, 0.15) is 0 Å². The molecule has 2 aromatic rings. The third-order valence-corrected chi connectivity index (χ3v) is 3.41. The van der Waals surface area contributed by atoms with Crippen molar-refractivity contribution >= 4 is 5.91 Å². The Labute approximate surface area is 130 Å². The second kappa shape index (κ2) is 7.45. The highest BCUT2D eigenvalue weighted by Gasteiger charge is 2.12. The zero-order chi connectivity index (χ0) is 15.9. The number of aromatic nitrogens is 1. The van der Waals surface area contributed by atoms with Crippen LogP contribution in [0.25, 0.3) is 0 Å². The Balaban J connectivity index is 1.87. The number of carbonyl (C=O) groups is 1. The van der Waals surface area contributed by atoms with E-state index >= 15 is 0 Å². The van der Waals surface area contributed by atoms with Crippen LogP contribution in [0.2, 0.25) is 0 Å². The summed E-state index contributed by atoms with van der Waals surface area (Å²) in [6.07, 6.45) is 2.31. The van der Waals surface area contributed by atoms with Gasteiger partial charge in [0.25, 0.3) is 5.91 Å². The van der Waals surface area contributed by atoms with Gasteiger partial charge in [-0.2, -0.15) is 0 Å². The highest BCUT2D eigenvalue weighted by Crippen LogP contribution is 2.13. The van der Waals surface area contributed by atoms with Crippen molar-refractivity contribution in [3.63, 3.8) is 0 Å². The Morgan fingerprint density at radius 3 is 2.64 bits per heavy atom. The lowest BCUT2D eigenvalue weighted by Gasteiger charge is -2.15. The van der Waals surface area contributed by atoms with Gasteiger partial charge in [-0.15, -0.1) is 4.73 Å². The predicted molar refractivity (Wildman–Crippen MR) is 83.3 cm³/mol. The number of carbonyl (C=O) groups excluding carboxylic acids is 1. The molecule has 1 atom stereocenters. The van der Waals surface area contributed by atoms with E-state index < -0.39 is 0 Å². The molecule has 0 unspecified atom stereocenters. The van der Waals surface area contributed by atoms with Crippen LogP contribution in [-0.2, 0) is 11.2 Å². The molecule has 5 nitrogen and oxygen atoms in total. The van der Waals surface area contributed by atoms with Gasteiger partial charge in [-0.05, 0) is 30.5 Å². The maximum atomic E-state index is 11.9. The molecule has 0 fully saturated rings. The number of aryl methyl sites for hydroxylation is 1. The zero-order valence-electron chi connectivity index (χ0n) is 12.8. The summed E-state index contributed by atoms with van der Waals surface area (Å²) in [7, 11) is 0. The summed E-state index contributed by atoms with van der Waals surface area (Å²) < 4.78 is 5.79. The fourth-order valence-electron chi connectivity index (χ4n) is 2.07. The van der Waals surface area contributed by atoms with Gasteiger partial charge in [0.2, 0.25) is 0 Å². The van der Waals surface area contributed by atoms with E-state index in [2.05, 4.69) is 24.4 Å². The van der Waals surface area contributed by atoms with Gasteiger partial charge >= 0.3 is 5.88 Å². The molecule has 1 heterocycles. The standard InChI is InChI=1S/C17H20N2O3/c1-3-14-7-9-15(10-8-14)13(2)18-16(20)12-22-17-6-4-5-11-19(17)21/h4-11,13H,3,12H2,1-2H3,(H,18,20)/t13-/m0/s1. The Hall–Kier alpha value is -2.56. The van der Waals surface area contributed by atoms with Crippen molar-refractivity contribution in [3.05, 3.63) is 65.0 Å². The van der Waals surface area contributed by atoms with E-state index in [1.807, 2.05) is 19.1 Å². The van der Waals surface area contributed by atoms with Crippen molar-refractivity contribution in [3.8, 4) is 5.88 Å². The molecule has 0 saturated heterocycles. The SMILES string of the molecule is CCc1ccc([C@H](C)NC(=O)COc2cccc[n+]2[O-])cc1. The summed E-state index contributed by atoms with van der Waals surface area (Å²) in [6.45, 7) is 3.82. The highest BCUT2D eigenvalue weighted by atomic mass is 16.6. The largest absolute Gasteiger partial charge is 0.616 e. The molecule has 0 aliphatic heterocycles. The fraction of sp³-hybridized carbons (Fsp3) is 0.294. The van der Waals surface area contributed by atoms with Gasteiger partial charge < -0.3 is 15.3 Å². The normalized spacial score (nSPS) is 11.7. The molecule has 0 aliphatic rings.